The molecule has 1 aliphatic heterocycles. The van der Waals surface area contributed by atoms with Gasteiger partial charge >= 0.3 is 0 Å². The fraction of sp³-hybridized carbons (Fsp3) is 0.600. The fourth-order valence-electron chi connectivity index (χ4n) is 4.09. The zero-order chi connectivity index (χ0) is 19.9. The van der Waals surface area contributed by atoms with Crippen LogP contribution in [0.4, 0.5) is 5.69 Å². The van der Waals surface area contributed by atoms with E-state index in [-0.39, 0.29) is 46.5 Å². The Morgan fingerprint density at radius 2 is 1.97 bits per heavy atom. The van der Waals surface area contributed by atoms with Gasteiger partial charge in [0.2, 0.25) is 5.91 Å². The van der Waals surface area contributed by atoms with Gasteiger partial charge in [0.05, 0.1) is 4.92 Å². The first-order valence-electron chi connectivity index (χ1n) is 10.1. The lowest BCUT2D eigenvalue weighted by Gasteiger charge is -2.26. The highest BCUT2D eigenvalue weighted by Gasteiger charge is 2.31. The molecule has 0 radical (unpaired) electrons. The molecule has 1 aliphatic carbocycles. The van der Waals surface area contributed by atoms with Crippen molar-refractivity contribution in [1.82, 2.24) is 15.5 Å². The normalized spacial score (nSPS) is 20.1. The summed E-state index contributed by atoms with van der Waals surface area (Å²) in [4.78, 5) is 29.7. The van der Waals surface area contributed by atoms with Gasteiger partial charge in [-0.25, -0.2) is 0 Å². The number of aliphatic imine (C=N–C) groups is 1. The molecule has 0 aromatic heterocycles. The van der Waals surface area contributed by atoms with E-state index in [1.807, 2.05) is 4.90 Å². The van der Waals surface area contributed by atoms with E-state index >= 15 is 0 Å². The first kappa shape index (κ1) is 23.4. The Bertz CT molecular complexity index is 737. The SMILES string of the molecule is CN=C(NCc1ccccc1[N+](=O)[O-])NC1CCN(C(=O)C2CCCCC2)C1.I. The van der Waals surface area contributed by atoms with Gasteiger partial charge in [-0.2, -0.15) is 0 Å². The monoisotopic (exact) mass is 515 g/mol. The van der Waals surface area contributed by atoms with Crippen LogP contribution in [0.2, 0.25) is 0 Å². The van der Waals surface area contributed by atoms with Crippen LogP contribution in [-0.4, -0.2) is 47.9 Å². The molecular formula is C20H30IN5O3. The molecule has 0 spiro atoms. The predicted octanol–water partition coefficient (Wildman–Crippen LogP) is 3.06. The van der Waals surface area contributed by atoms with E-state index in [1.54, 1.807) is 25.2 Å². The summed E-state index contributed by atoms with van der Waals surface area (Å²) in [6, 6.07) is 6.82. The summed E-state index contributed by atoms with van der Waals surface area (Å²) in [6.45, 7) is 1.77. The Kier molecular flexibility index (Phi) is 9.12. The van der Waals surface area contributed by atoms with E-state index in [0.717, 1.165) is 38.6 Å². The number of nitro benzene ring substituents is 1. The van der Waals surface area contributed by atoms with Crippen LogP contribution in [-0.2, 0) is 11.3 Å². The van der Waals surface area contributed by atoms with Crippen molar-refractivity contribution in [2.45, 2.75) is 51.1 Å². The molecule has 1 saturated heterocycles. The first-order chi connectivity index (χ1) is 13.6. The summed E-state index contributed by atoms with van der Waals surface area (Å²) in [5.74, 6) is 1.09. The number of amides is 1. The summed E-state index contributed by atoms with van der Waals surface area (Å²) < 4.78 is 0. The number of rotatable bonds is 5. The van der Waals surface area contributed by atoms with E-state index in [1.165, 1.54) is 12.5 Å². The zero-order valence-electron chi connectivity index (χ0n) is 16.8. The maximum atomic E-state index is 12.7. The van der Waals surface area contributed by atoms with E-state index in [0.29, 0.717) is 30.5 Å². The van der Waals surface area contributed by atoms with Crippen molar-refractivity contribution >= 4 is 41.5 Å². The van der Waals surface area contributed by atoms with Crippen LogP contribution >= 0.6 is 24.0 Å². The molecule has 2 fully saturated rings. The van der Waals surface area contributed by atoms with Crippen molar-refractivity contribution in [3.05, 3.63) is 39.9 Å². The van der Waals surface area contributed by atoms with Gasteiger partial charge in [0, 0.05) is 50.3 Å². The Balaban J connectivity index is 0.00000300. The van der Waals surface area contributed by atoms with Gasteiger partial charge in [-0.05, 0) is 19.3 Å². The lowest BCUT2D eigenvalue weighted by Crippen LogP contribution is -2.45. The molecule has 1 saturated carbocycles. The highest BCUT2D eigenvalue weighted by atomic mass is 127. The van der Waals surface area contributed by atoms with Crippen molar-refractivity contribution in [2.24, 2.45) is 10.9 Å². The number of halogens is 1. The third-order valence-corrected chi connectivity index (χ3v) is 5.65. The number of nitrogens with one attached hydrogen (secondary N) is 2. The van der Waals surface area contributed by atoms with E-state index < -0.39 is 0 Å². The Morgan fingerprint density at radius 3 is 2.66 bits per heavy atom. The lowest BCUT2D eigenvalue weighted by molar-refractivity contribution is -0.385. The van der Waals surface area contributed by atoms with Crippen molar-refractivity contribution in [2.75, 3.05) is 20.1 Å². The summed E-state index contributed by atoms with van der Waals surface area (Å²) >= 11 is 0. The minimum Gasteiger partial charge on any atom is -0.352 e. The smallest absolute Gasteiger partial charge is 0.274 e. The van der Waals surface area contributed by atoms with Crippen molar-refractivity contribution in [3.8, 4) is 0 Å². The highest BCUT2D eigenvalue weighted by Crippen LogP contribution is 2.26. The van der Waals surface area contributed by atoms with Crippen LogP contribution in [0.1, 0.15) is 44.1 Å². The minimum absolute atomic E-state index is 0. The van der Waals surface area contributed by atoms with Crippen LogP contribution in [0, 0.1) is 16.0 Å². The molecule has 160 valence electrons. The average Bonchev–Trinajstić information content (AvgIpc) is 3.19. The molecule has 3 rings (SSSR count). The molecule has 1 aromatic rings. The van der Waals surface area contributed by atoms with Gasteiger partial charge in [-0.1, -0.05) is 37.5 Å². The third-order valence-electron chi connectivity index (χ3n) is 5.65. The fourth-order valence-corrected chi connectivity index (χ4v) is 4.09. The number of benzene rings is 1. The molecular weight excluding hydrogens is 485 g/mol. The van der Waals surface area contributed by atoms with Crippen LogP contribution in [0.25, 0.3) is 0 Å². The zero-order valence-corrected chi connectivity index (χ0v) is 19.1. The van der Waals surface area contributed by atoms with E-state index in [9.17, 15) is 14.9 Å². The van der Waals surface area contributed by atoms with E-state index in [2.05, 4.69) is 15.6 Å². The third kappa shape index (κ3) is 6.28. The number of para-hydroxylation sites is 1. The highest BCUT2D eigenvalue weighted by molar-refractivity contribution is 14.0. The molecule has 2 aliphatic rings. The van der Waals surface area contributed by atoms with Crippen LogP contribution in [0.15, 0.2) is 29.3 Å². The van der Waals surface area contributed by atoms with Crippen molar-refractivity contribution in [3.63, 3.8) is 0 Å². The largest absolute Gasteiger partial charge is 0.352 e. The molecule has 0 bridgehead atoms. The molecule has 1 aromatic carbocycles. The summed E-state index contributed by atoms with van der Waals surface area (Å²) in [7, 11) is 1.68. The molecule has 1 amide bonds. The lowest BCUT2D eigenvalue weighted by atomic mass is 9.88. The second kappa shape index (κ2) is 11.3. The number of carbonyl (C=O) groups is 1. The van der Waals surface area contributed by atoms with Gasteiger partial charge < -0.3 is 15.5 Å². The number of hydrogen-bond donors (Lipinski definition) is 2. The average molecular weight is 515 g/mol. The van der Waals surface area contributed by atoms with Crippen LogP contribution in [0.5, 0.6) is 0 Å². The number of guanidine groups is 1. The first-order valence-corrected chi connectivity index (χ1v) is 10.1. The van der Waals surface area contributed by atoms with Crippen molar-refractivity contribution < 1.29 is 9.72 Å². The predicted molar refractivity (Wildman–Crippen MR) is 123 cm³/mol. The van der Waals surface area contributed by atoms with Gasteiger partial charge in [0.15, 0.2) is 5.96 Å². The Labute approximate surface area is 188 Å². The Hall–Kier alpha value is -1.91. The number of nitro groups is 1. The van der Waals surface area contributed by atoms with Crippen molar-refractivity contribution in [1.29, 1.82) is 0 Å². The maximum absolute atomic E-state index is 12.7. The molecule has 1 atom stereocenters. The van der Waals surface area contributed by atoms with Gasteiger partial charge in [-0.3, -0.25) is 19.9 Å². The molecule has 9 heteroatoms. The summed E-state index contributed by atoms with van der Waals surface area (Å²) in [6.07, 6.45) is 6.49. The molecule has 29 heavy (non-hydrogen) atoms. The quantitative estimate of drug-likeness (QED) is 0.207. The minimum atomic E-state index is -0.376. The number of carbonyl (C=O) groups excluding carboxylic acids is 1. The maximum Gasteiger partial charge on any atom is 0.274 e. The molecule has 2 N–H and O–H groups in total. The van der Waals surface area contributed by atoms with E-state index in [4.69, 9.17) is 0 Å². The van der Waals surface area contributed by atoms with Crippen LogP contribution < -0.4 is 10.6 Å². The molecule has 1 unspecified atom stereocenters. The Morgan fingerprint density at radius 1 is 1.24 bits per heavy atom. The van der Waals surface area contributed by atoms with Gasteiger partial charge in [0.25, 0.3) is 5.69 Å². The van der Waals surface area contributed by atoms with Gasteiger partial charge in [-0.15, -0.1) is 24.0 Å². The summed E-state index contributed by atoms with van der Waals surface area (Å²) in [5, 5.41) is 17.6. The standard InChI is InChI=1S/C20H29N5O3.HI/c1-21-20(22-13-16-9-5-6-10-18(16)25(27)28)23-17-11-12-24(14-17)19(26)15-7-3-2-4-8-15;/h5-6,9-10,15,17H,2-4,7-8,11-14H2,1H3,(H2,21,22,23);1H. The molecule has 8 nitrogen and oxygen atoms in total. The van der Waals surface area contributed by atoms with Crippen LogP contribution in [0.3, 0.4) is 0 Å². The molecule has 1 heterocycles. The second-order valence-electron chi connectivity index (χ2n) is 7.56. The second-order valence-corrected chi connectivity index (χ2v) is 7.56. The summed E-state index contributed by atoms with van der Waals surface area (Å²) in [5.41, 5.74) is 0.701. The van der Waals surface area contributed by atoms with Gasteiger partial charge in [0.1, 0.15) is 0 Å². The number of hydrogen-bond acceptors (Lipinski definition) is 4. The number of likely N-dealkylation sites (tertiary alicyclic amines) is 1. The topological polar surface area (TPSA) is 99.9 Å². The number of nitrogens with zero attached hydrogens (tertiary/aromatic N) is 3.